The van der Waals surface area contributed by atoms with Crippen molar-refractivity contribution >= 4 is 7.82 Å². The Labute approximate surface area is 174 Å². The molecule has 29 heavy (non-hydrogen) atoms. The summed E-state index contributed by atoms with van der Waals surface area (Å²) in [5, 5.41) is 0. The molecule has 0 bridgehead atoms. The van der Waals surface area contributed by atoms with Gasteiger partial charge in [-0.25, -0.2) is 4.57 Å². The molecular weight excluding hydrogens is 395 g/mol. The van der Waals surface area contributed by atoms with Crippen molar-refractivity contribution in [1.29, 1.82) is 0 Å². The summed E-state index contributed by atoms with van der Waals surface area (Å²) in [4.78, 5) is 17.2. The van der Waals surface area contributed by atoms with E-state index in [1.165, 1.54) is 38.5 Å². The zero-order valence-electron chi connectivity index (χ0n) is 17.5. The van der Waals surface area contributed by atoms with Crippen LogP contribution >= 0.6 is 7.82 Å². The van der Waals surface area contributed by atoms with Crippen LogP contribution in [0.1, 0.15) is 58.3 Å². The van der Waals surface area contributed by atoms with Gasteiger partial charge < -0.3 is 24.0 Å². The number of rotatable bonds is 19. The molecule has 0 fully saturated rings. The lowest BCUT2D eigenvalue weighted by atomic mass is 10.1. The highest BCUT2D eigenvalue weighted by atomic mass is 31.2. The minimum atomic E-state index is -4.42. The fourth-order valence-electron chi connectivity index (χ4n) is 2.85. The van der Waals surface area contributed by atoms with E-state index >= 15 is 0 Å². The summed E-state index contributed by atoms with van der Waals surface area (Å²) in [5.41, 5.74) is 0. The highest BCUT2D eigenvalue weighted by Crippen LogP contribution is 2.35. The summed E-state index contributed by atoms with van der Waals surface area (Å²) in [6, 6.07) is 9.76. The van der Waals surface area contributed by atoms with Gasteiger partial charge in [0.15, 0.2) is 0 Å². The minimum Gasteiger partial charge on any atom is -0.488 e. The molecule has 168 valence electrons. The Bertz CT molecular complexity index is 535. The van der Waals surface area contributed by atoms with Gasteiger partial charge in [0, 0.05) is 0 Å². The molecule has 1 aromatic rings. The van der Waals surface area contributed by atoms with Crippen LogP contribution in [0.25, 0.3) is 0 Å². The van der Waals surface area contributed by atoms with Crippen molar-refractivity contribution in [2.75, 3.05) is 33.0 Å². The van der Waals surface area contributed by atoms with Crippen LogP contribution in [0.4, 0.5) is 0 Å². The maximum Gasteiger partial charge on any atom is 0.469 e. The van der Waals surface area contributed by atoms with E-state index in [2.05, 4.69) is 11.4 Å². The quantitative estimate of drug-likeness (QED) is 0.241. The molecule has 8 heteroatoms. The molecule has 0 amide bonds. The predicted octanol–water partition coefficient (Wildman–Crippen LogP) is 4.72. The van der Waals surface area contributed by atoms with Crippen molar-refractivity contribution in [1.82, 2.24) is 0 Å². The summed E-state index contributed by atoms with van der Waals surface area (Å²) >= 11 is 0. The second-order valence-corrected chi connectivity index (χ2v) is 8.21. The second kappa shape index (κ2) is 16.8. The number of hydrogen-bond acceptors (Lipinski definition) is 5. The van der Waals surface area contributed by atoms with E-state index < -0.39 is 7.82 Å². The fourth-order valence-corrected chi connectivity index (χ4v) is 3.16. The topological polar surface area (TPSA) is 94.5 Å². The smallest absolute Gasteiger partial charge is 0.469 e. The van der Waals surface area contributed by atoms with Crippen LogP contribution in [-0.4, -0.2) is 48.9 Å². The van der Waals surface area contributed by atoms with Gasteiger partial charge in [0.05, 0.1) is 33.0 Å². The van der Waals surface area contributed by atoms with Crippen molar-refractivity contribution < 1.29 is 33.1 Å². The number of phosphoric ester groups is 1. The molecule has 0 aliphatic carbocycles. The first-order valence-electron chi connectivity index (χ1n) is 10.6. The third kappa shape index (κ3) is 16.5. The lowest BCUT2D eigenvalue weighted by Crippen LogP contribution is -2.24. The Morgan fingerprint density at radius 1 is 0.862 bits per heavy atom. The molecule has 0 saturated carbocycles. The van der Waals surface area contributed by atoms with Crippen LogP contribution in [0, 0.1) is 0 Å². The van der Waals surface area contributed by atoms with Gasteiger partial charge in [0.25, 0.3) is 0 Å². The molecule has 0 aromatic heterocycles. The van der Waals surface area contributed by atoms with Crippen LogP contribution in [0.2, 0.25) is 0 Å². The van der Waals surface area contributed by atoms with E-state index in [9.17, 15) is 4.57 Å². The zero-order chi connectivity index (χ0) is 21.2. The number of para-hydroxylation sites is 1. The van der Waals surface area contributed by atoms with Crippen LogP contribution in [0.5, 0.6) is 5.75 Å². The lowest BCUT2D eigenvalue weighted by Gasteiger charge is -2.19. The average Bonchev–Trinajstić information content (AvgIpc) is 2.69. The summed E-state index contributed by atoms with van der Waals surface area (Å²) in [5.74, 6) is 0.842. The predicted molar refractivity (Wildman–Crippen MR) is 113 cm³/mol. The molecule has 0 aliphatic rings. The number of hydrogen-bond donors (Lipinski definition) is 2. The molecule has 0 saturated heterocycles. The summed E-state index contributed by atoms with van der Waals surface area (Å²) in [6.45, 7) is 3.39. The van der Waals surface area contributed by atoms with Crippen molar-refractivity contribution in [2.45, 2.75) is 64.4 Å². The third-order valence-electron chi connectivity index (χ3n) is 4.34. The fraction of sp³-hybridized carbons (Fsp3) is 0.714. The van der Waals surface area contributed by atoms with E-state index in [-0.39, 0.29) is 19.3 Å². The SMILES string of the molecule is CCCCCCCCCC(COCCOCCOP(=O)(O)O)Oc1ccccc1. The van der Waals surface area contributed by atoms with E-state index in [0.717, 1.165) is 18.6 Å². The van der Waals surface area contributed by atoms with Gasteiger partial charge in [0.2, 0.25) is 0 Å². The van der Waals surface area contributed by atoms with Crippen molar-refractivity contribution in [2.24, 2.45) is 0 Å². The Morgan fingerprint density at radius 2 is 1.48 bits per heavy atom. The lowest BCUT2D eigenvalue weighted by molar-refractivity contribution is 0.00222. The summed E-state index contributed by atoms with van der Waals surface area (Å²) in [6.07, 6.45) is 9.74. The first-order valence-corrected chi connectivity index (χ1v) is 12.1. The van der Waals surface area contributed by atoms with Crippen LogP contribution in [-0.2, 0) is 18.6 Å². The van der Waals surface area contributed by atoms with Gasteiger partial charge in [-0.15, -0.1) is 0 Å². The number of unbranched alkanes of at least 4 members (excludes halogenated alkanes) is 6. The standard InChI is InChI=1S/C21H37O7P/c1-2-3-4-5-6-7-9-14-21(28-20-12-10-8-11-13-20)19-26-16-15-25-17-18-27-29(22,23)24/h8,10-13,21H,2-7,9,14-19H2,1H3,(H2,22,23,24). The van der Waals surface area contributed by atoms with Crippen LogP contribution in [0.15, 0.2) is 30.3 Å². The average molecular weight is 432 g/mol. The molecule has 7 nitrogen and oxygen atoms in total. The van der Waals surface area contributed by atoms with E-state index in [4.69, 9.17) is 24.0 Å². The third-order valence-corrected chi connectivity index (χ3v) is 4.86. The number of ether oxygens (including phenoxy) is 3. The molecule has 2 N–H and O–H groups in total. The second-order valence-electron chi connectivity index (χ2n) is 6.97. The first-order chi connectivity index (χ1) is 14.0. The Morgan fingerprint density at radius 3 is 2.17 bits per heavy atom. The highest BCUT2D eigenvalue weighted by molar-refractivity contribution is 7.46. The van der Waals surface area contributed by atoms with Crippen molar-refractivity contribution in [3.8, 4) is 5.75 Å². The Balaban J connectivity index is 2.19. The van der Waals surface area contributed by atoms with Crippen LogP contribution < -0.4 is 4.74 Å². The normalized spacial score (nSPS) is 12.8. The molecular formula is C21H37O7P. The summed E-state index contributed by atoms with van der Waals surface area (Å²) < 4.78 is 31.8. The zero-order valence-corrected chi connectivity index (χ0v) is 18.4. The van der Waals surface area contributed by atoms with Gasteiger partial charge in [-0.3, -0.25) is 4.52 Å². The molecule has 1 rings (SSSR count). The number of phosphoric acid groups is 1. The largest absolute Gasteiger partial charge is 0.488 e. The molecule has 0 heterocycles. The molecule has 1 atom stereocenters. The Kier molecular flexibility index (Phi) is 15.1. The monoisotopic (exact) mass is 432 g/mol. The molecule has 0 spiro atoms. The molecule has 0 aliphatic heterocycles. The first kappa shape index (κ1) is 26.1. The van der Waals surface area contributed by atoms with E-state index in [1.807, 2.05) is 30.3 Å². The van der Waals surface area contributed by atoms with Crippen molar-refractivity contribution in [3.05, 3.63) is 30.3 Å². The Hall–Kier alpha value is -0.950. The van der Waals surface area contributed by atoms with Crippen molar-refractivity contribution in [3.63, 3.8) is 0 Å². The molecule has 1 aromatic carbocycles. The van der Waals surface area contributed by atoms with Crippen LogP contribution in [0.3, 0.4) is 0 Å². The van der Waals surface area contributed by atoms with E-state index in [1.54, 1.807) is 0 Å². The van der Waals surface area contributed by atoms with Gasteiger partial charge in [-0.1, -0.05) is 63.6 Å². The number of benzene rings is 1. The highest BCUT2D eigenvalue weighted by Gasteiger charge is 2.13. The van der Waals surface area contributed by atoms with Gasteiger partial charge in [-0.05, 0) is 25.0 Å². The van der Waals surface area contributed by atoms with Gasteiger partial charge >= 0.3 is 7.82 Å². The maximum atomic E-state index is 10.5. The minimum absolute atomic E-state index is 0.00830. The van der Waals surface area contributed by atoms with Gasteiger partial charge in [-0.2, -0.15) is 0 Å². The maximum absolute atomic E-state index is 10.5. The molecule has 1 unspecified atom stereocenters. The van der Waals surface area contributed by atoms with Gasteiger partial charge in [0.1, 0.15) is 11.9 Å². The summed E-state index contributed by atoms with van der Waals surface area (Å²) in [7, 11) is -4.42. The molecule has 0 radical (unpaired) electrons. The van der Waals surface area contributed by atoms with E-state index in [0.29, 0.717) is 19.8 Å².